The zero-order chi connectivity index (χ0) is 20.4. The number of hydrogen-bond acceptors (Lipinski definition) is 5. The lowest BCUT2D eigenvalue weighted by Crippen LogP contribution is -2.45. The van der Waals surface area contributed by atoms with Crippen molar-refractivity contribution in [2.45, 2.75) is 25.9 Å². The number of amides is 1. The van der Waals surface area contributed by atoms with Gasteiger partial charge in [0.25, 0.3) is 5.91 Å². The van der Waals surface area contributed by atoms with E-state index in [-0.39, 0.29) is 17.8 Å². The van der Waals surface area contributed by atoms with Crippen molar-refractivity contribution in [3.63, 3.8) is 0 Å². The van der Waals surface area contributed by atoms with Crippen molar-refractivity contribution in [1.29, 1.82) is 0 Å². The van der Waals surface area contributed by atoms with Gasteiger partial charge >= 0.3 is 0 Å². The Morgan fingerprint density at radius 3 is 2.79 bits per heavy atom. The zero-order valence-corrected chi connectivity index (χ0v) is 16.4. The Balaban J connectivity index is 1.48. The second kappa shape index (κ2) is 7.98. The topological polar surface area (TPSA) is 73.1 Å². The number of ether oxygens (including phenoxy) is 1. The maximum atomic E-state index is 13.2. The van der Waals surface area contributed by atoms with Crippen molar-refractivity contribution in [2.75, 3.05) is 13.1 Å². The molecule has 0 saturated carbocycles. The molecular weight excluding hydrogens is 373 g/mol. The zero-order valence-electron chi connectivity index (χ0n) is 16.4. The van der Waals surface area contributed by atoms with Crippen molar-refractivity contribution < 1.29 is 13.9 Å². The van der Waals surface area contributed by atoms with Crippen LogP contribution in [0.2, 0.25) is 0 Å². The first-order chi connectivity index (χ1) is 14.0. The van der Waals surface area contributed by atoms with Crippen LogP contribution in [0, 0.1) is 12.7 Å². The fourth-order valence-corrected chi connectivity index (χ4v) is 3.48. The third-order valence-electron chi connectivity index (χ3n) is 4.94. The van der Waals surface area contributed by atoms with Gasteiger partial charge in [-0.05, 0) is 50.1 Å². The van der Waals surface area contributed by atoms with Gasteiger partial charge in [-0.2, -0.15) is 10.1 Å². The van der Waals surface area contributed by atoms with Gasteiger partial charge in [-0.1, -0.05) is 0 Å². The summed E-state index contributed by atoms with van der Waals surface area (Å²) in [6, 6.07) is 9.54. The molecule has 1 aromatic carbocycles. The molecule has 3 heterocycles. The molecule has 150 valence electrons. The molecule has 1 fully saturated rings. The van der Waals surface area contributed by atoms with Crippen molar-refractivity contribution >= 4 is 5.91 Å². The Bertz CT molecular complexity index is 1020. The Morgan fingerprint density at radius 2 is 2.03 bits per heavy atom. The van der Waals surface area contributed by atoms with Gasteiger partial charge in [-0.25, -0.2) is 9.37 Å². The Labute approximate surface area is 168 Å². The third kappa shape index (κ3) is 4.26. The second-order valence-corrected chi connectivity index (χ2v) is 7.12. The summed E-state index contributed by atoms with van der Waals surface area (Å²) in [7, 11) is 1.74. The minimum absolute atomic E-state index is 0.0967. The van der Waals surface area contributed by atoms with Crippen LogP contribution in [0.4, 0.5) is 4.39 Å². The van der Waals surface area contributed by atoms with Crippen LogP contribution in [-0.4, -0.2) is 49.7 Å². The summed E-state index contributed by atoms with van der Waals surface area (Å²) in [5.41, 5.74) is 1.89. The molecule has 4 rings (SSSR count). The van der Waals surface area contributed by atoms with Crippen LogP contribution in [0.3, 0.4) is 0 Å². The number of nitrogens with zero attached hydrogens (tertiary/aromatic N) is 5. The molecule has 1 aliphatic heterocycles. The SMILES string of the molecule is Cc1nccc(O[C@@H]2CCCN(C(=O)c3cc(-c4ccc(F)cc4)nn3C)C2)n1. The van der Waals surface area contributed by atoms with Crippen LogP contribution in [0.5, 0.6) is 5.88 Å². The molecule has 3 aromatic rings. The number of aromatic nitrogens is 4. The maximum Gasteiger partial charge on any atom is 0.272 e. The smallest absolute Gasteiger partial charge is 0.272 e. The van der Waals surface area contributed by atoms with Crippen LogP contribution in [0.15, 0.2) is 42.6 Å². The van der Waals surface area contributed by atoms with E-state index in [1.54, 1.807) is 47.1 Å². The van der Waals surface area contributed by atoms with Gasteiger partial charge in [0.15, 0.2) is 0 Å². The van der Waals surface area contributed by atoms with Gasteiger partial charge in [-0.3, -0.25) is 9.48 Å². The highest BCUT2D eigenvalue weighted by atomic mass is 19.1. The number of likely N-dealkylation sites (tertiary alicyclic amines) is 1. The van der Waals surface area contributed by atoms with E-state index in [9.17, 15) is 9.18 Å². The number of piperidine rings is 1. The van der Waals surface area contributed by atoms with Crippen molar-refractivity contribution in [2.24, 2.45) is 7.05 Å². The first-order valence-electron chi connectivity index (χ1n) is 9.55. The largest absolute Gasteiger partial charge is 0.472 e. The number of benzene rings is 1. The van der Waals surface area contributed by atoms with Crippen LogP contribution in [0.1, 0.15) is 29.2 Å². The van der Waals surface area contributed by atoms with E-state index in [0.717, 1.165) is 18.4 Å². The van der Waals surface area contributed by atoms with E-state index in [1.807, 2.05) is 6.92 Å². The highest BCUT2D eigenvalue weighted by Crippen LogP contribution is 2.22. The average molecular weight is 395 g/mol. The van der Waals surface area contributed by atoms with E-state index in [0.29, 0.717) is 36.2 Å². The normalized spacial score (nSPS) is 16.7. The Hall–Kier alpha value is -3.29. The molecule has 8 heteroatoms. The number of hydrogen-bond donors (Lipinski definition) is 0. The number of rotatable bonds is 4. The average Bonchev–Trinajstić information content (AvgIpc) is 3.10. The van der Waals surface area contributed by atoms with E-state index >= 15 is 0 Å². The Morgan fingerprint density at radius 1 is 1.24 bits per heavy atom. The van der Waals surface area contributed by atoms with Crippen LogP contribution in [0.25, 0.3) is 11.3 Å². The molecule has 1 aliphatic rings. The lowest BCUT2D eigenvalue weighted by atomic mass is 10.1. The van der Waals surface area contributed by atoms with Crippen molar-refractivity contribution in [3.05, 3.63) is 59.9 Å². The summed E-state index contributed by atoms with van der Waals surface area (Å²) in [6.07, 6.45) is 3.25. The highest BCUT2D eigenvalue weighted by Gasteiger charge is 2.28. The van der Waals surface area contributed by atoms with Gasteiger partial charge in [0.05, 0.1) is 12.2 Å². The summed E-state index contributed by atoms with van der Waals surface area (Å²) in [4.78, 5) is 23.2. The molecule has 0 aliphatic carbocycles. The third-order valence-corrected chi connectivity index (χ3v) is 4.94. The monoisotopic (exact) mass is 395 g/mol. The molecule has 0 bridgehead atoms. The van der Waals surface area contributed by atoms with Crippen LogP contribution < -0.4 is 4.74 Å². The number of halogens is 1. The summed E-state index contributed by atoms with van der Waals surface area (Å²) in [6.45, 7) is 2.96. The van der Waals surface area contributed by atoms with Gasteiger partial charge in [-0.15, -0.1) is 0 Å². The highest BCUT2D eigenvalue weighted by molar-refractivity contribution is 5.93. The first-order valence-corrected chi connectivity index (χ1v) is 9.55. The van der Waals surface area contributed by atoms with Gasteiger partial charge in [0.2, 0.25) is 5.88 Å². The minimum Gasteiger partial charge on any atom is -0.472 e. The molecule has 1 amide bonds. The number of carbonyl (C=O) groups excluding carboxylic acids is 1. The van der Waals surface area contributed by atoms with Gasteiger partial charge < -0.3 is 9.64 Å². The van der Waals surface area contributed by atoms with Crippen molar-refractivity contribution in [3.8, 4) is 17.1 Å². The van der Waals surface area contributed by atoms with E-state index < -0.39 is 0 Å². The number of carbonyl (C=O) groups is 1. The predicted molar refractivity (Wildman–Crippen MR) is 105 cm³/mol. The molecule has 0 radical (unpaired) electrons. The lowest BCUT2D eigenvalue weighted by molar-refractivity contribution is 0.0517. The fourth-order valence-electron chi connectivity index (χ4n) is 3.48. The van der Waals surface area contributed by atoms with E-state index in [1.165, 1.54) is 12.1 Å². The van der Waals surface area contributed by atoms with E-state index in [2.05, 4.69) is 15.1 Å². The standard InChI is InChI=1S/C21H22FN5O2/c1-14-23-10-9-20(24-14)29-17-4-3-11-27(13-17)21(28)19-12-18(25-26(19)2)15-5-7-16(22)8-6-15/h5-10,12,17H,3-4,11,13H2,1-2H3/t17-/m1/s1. The van der Waals surface area contributed by atoms with Gasteiger partial charge in [0, 0.05) is 31.4 Å². The molecular formula is C21H22FN5O2. The lowest BCUT2D eigenvalue weighted by Gasteiger charge is -2.32. The van der Waals surface area contributed by atoms with E-state index in [4.69, 9.17) is 4.74 Å². The summed E-state index contributed by atoms with van der Waals surface area (Å²) in [5.74, 6) is 0.769. The molecule has 0 unspecified atom stereocenters. The predicted octanol–water partition coefficient (Wildman–Crippen LogP) is 3.01. The second-order valence-electron chi connectivity index (χ2n) is 7.12. The minimum atomic E-state index is -0.306. The van der Waals surface area contributed by atoms with Crippen molar-refractivity contribution in [1.82, 2.24) is 24.6 Å². The van der Waals surface area contributed by atoms with Crippen LogP contribution in [-0.2, 0) is 7.05 Å². The van der Waals surface area contributed by atoms with Gasteiger partial charge in [0.1, 0.15) is 23.4 Å². The molecule has 1 saturated heterocycles. The van der Waals surface area contributed by atoms with Crippen LogP contribution >= 0.6 is 0 Å². The first kappa shape index (κ1) is 19.0. The molecule has 0 spiro atoms. The fraction of sp³-hybridized carbons (Fsp3) is 0.333. The maximum absolute atomic E-state index is 13.2. The quantitative estimate of drug-likeness (QED) is 0.679. The molecule has 0 N–H and O–H groups in total. The summed E-state index contributed by atoms with van der Waals surface area (Å²) < 4.78 is 20.7. The number of aryl methyl sites for hydroxylation is 2. The molecule has 7 nitrogen and oxygen atoms in total. The molecule has 1 atom stereocenters. The Kier molecular flexibility index (Phi) is 5.24. The summed E-state index contributed by atoms with van der Waals surface area (Å²) >= 11 is 0. The molecule has 2 aromatic heterocycles. The summed E-state index contributed by atoms with van der Waals surface area (Å²) in [5, 5.41) is 4.42. The molecule has 29 heavy (non-hydrogen) atoms.